The normalized spacial score (nSPS) is 16.7. The molecular formula is C23H46N2O2. The Morgan fingerprint density at radius 1 is 1.07 bits per heavy atom. The monoisotopic (exact) mass is 382 g/mol. The van der Waals surface area contributed by atoms with Gasteiger partial charge in [0.1, 0.15) is 5.78 Å². The molecule has 0 atom stereocenters. The number of carbonyl (C=O) groups excluding carboxylic acids is 1. The van der Waals surface area contributed by atoms with Gasteiger partial charge in [-0.05, 0) is 76.5 Å². The molecule has 1 heterocycles. The standard InChI is InChI=1S/C23H46N2O2/c1-20(2)7-6-17-27-18-12-23(26)11-16-25-14-9-22(10-15-25)8-13-24(5)19-21(3)4/h20-22H,6-19H2,1-5H3. The first-order valence-electron chi connectivity index (χ1n) is 11.4. The molecule has 0 unspecified atom stereocenters. The van der Waals surface area contributed by atoms with Crippen LogP contribution in [-0.4, -0.2) is 68.6 Å². The van der Waals surface area contributed by atoms with Gasteiger partial charge in [0.2, 0.25) is 0 Å². The van der Waals surface area contributed by atoms with Gasteiger partial charge in [-0.25, -0.2) is 0 Å². The van der Waals surface area contributed by atoms with Gasteiger partial charge in [0.25, 0.3) is 0 Å². The van der Waals surface area contributed by atoms with Crippen molar-refractivity contribution in [2.45, 2.75) is 72.6 Å². The molecule has 1 saturated heterocycles. The van der Waals surface area contributed by atoms with Gasteiger partial charge in [-0.15, -0.1) is 0 Å². The molecule has 0 aliphatic carbocycles. The number of piperidine rings is 1. The van der Waals surface area contributed by atoms with E-state index in [1.807, 2.05) is 0 Å². The quantitative estimate of drug-likeness (QED) is 0.391. The lowest BCUT2D eigenvalue weighted by Gasteiger charge is -2.32. The molecule has 1 aliphatic rings. The molecular weight excluding hydrogens is 336 g/mol. The number of nitrogens with zero attached hydrogens (tertiary/aromatic N) is 2. The highest BCUT2D eigenvalue weighted by atomic mass is 16.5. The maximum atomic E-state index is 12.0. The third-order valence-corrected chi connectivity index (χ3v) is 5.61. The molecule has 0 aromatic carbocycles. The second kappa shape index (κ2) is 14.5. The molecule has 160 valence electrons. The maximum Gasteiger partial charge on any atom is 0.136 e. The highest BCUT2D eigenvalue weighted by Gasteiger charge is 2.19. The summed E-state index contributed by atoms with van der Waals surface area (Å²) in [6, 6.07) is 0. The van der Waals surface area contributed by atoms with Crippen LogP contribution in [0.5, 0.6) is 0 Å². The van der Waals surface area contributed by atoms with E-state index >= 15 is 0 Å². The molecule has 0 saturated carbocycles. The van der Waals surface area contributed by atoms with Crippen molar-refractivity contribution in [3.63, 3.8) is 0 Å². The van der Waals surface area contributed by atoms with Crippen molar-refractivity contribution in [2.24, 2.45) is 17.8 Å². The molecule has 0 spiro atoms. The topological polar surface area (TPSA) is 32.8 Å². The third kappa shape index (κ3) is 13.4. The van der Waals surface area contributed by atoms with Crippen LogP contribution in [0.2, 0.25) is 0 Å². The van der Waals surface area contributed by atoms with Gasteiger partial charge in [0.05, 0.1) is 6.61 Å². The van der Waals surface area contributed by atoms with Crippen molar-refractivity contribution in [1.82, 2.24) is 9.80 Å². The van der Waals surface area contributed by atoms with E-state index in [1.165, 1.54) is 38.8 Å². The number of carbonyl (C=O) groups is 1. The first-order chi connectivity index (χ1) is 12.9. The summed E-state index contributed by atoms with van der Waals surface area (Å²) in [5.41, 5.74) is 0. The van der Waals surface area contributed by atoms with Crippen molar-refractivity contribution in [1.29, 1.82) is 0 Å². The van der Waals surface area contributed by atoms with Gasteiger partial charge in [-0.2, -0.15) is 0 Å². The summed E-state index contributed by atoms with van der Waals surface area (Å²) >= 11 is 0. The lowest BCUT2D eigenvalue weighted by molar-refractivity contribution is -0.120. The van der Waals surface area contributed by atoms with Crippen LogP contribution < -0.4 is 0 Å². The fraction of sp³-hybridized carbons (Fsp3) is 0.957. The highest BCUT2D eigenvalue weighted by molar-refractivity contribution is 5.78. The lowest BCUT2D eigenvalue weighted by Crippen LogP contribution is -2.36. The predicted octanol–water partition coefficient (Wildman–Crippen LogP) is 4.48. The number of rotatable bonds is 15. The molecule has 0 N–H and O–H groups in total. The Hall–Kier alpha value is -0.450. The molecule has 4 heteroatoms. The number of likely N-dealkylation sites (tertiary alicyclic amines) is 1. The van der Waals surface area contributed by atoms with E-state index in [0.717, 1.165) is 50.4 Å². The Balaban J connectivity index is 2.01. The zero-order chi connectivity index (χ0) is 20.1. The third-order valence-electron chi connectivity index (χ3n) is 5.61. The van der Waals surface area contributed by atoms with Crippen LogP contribution in [0.1, 0.15) is 72.6 Å². The zero-order valence-corrected chi connectivity index (χ0v) is 18.8. The summed E-state index contributed by atoms with van der Waals surface area (Å²) in [4.78, 5) is 17.0. The van der Waals surface area contributed by atoms with Gasteiger partial charge >= 0.3 is 0 Å². The summed E-state index contributed by atoms with van der Waals surface area (Å²) in [5.74, 6) is 2.71. The molecule has 0 amide bonds. The summed E-state index contributed by atoms with van der Waals surface area (Å²) in [7, 11) is 2.24. The minimum atomic E-state index is 0.358. The molecule has 1 aliphatic heterocycles. The fourth-order valence-electron chi connectivity index (χ4n) is 3.91. The highest BCUT2D eigenvalue weighted by Crippen LogP contribution is 2.21. The van der Waals surface area contributed by atoms with E-state index in [1.54, 1.807) is 0 Å². The van der Waals surface area contributed by atoms with Gasteiger partial charge in [0, 0.05) is 32.5 Å². The van der Waals surface area contributed by atoms with Crippen LogP contribution in [0.4, 0.5) is 0 Å². The Bertz CT molecular complexity index is 377. The summed E-state index contributed by atoms with van der Waals surface area (Å²) in [6.45, 7) is 16.1. The van der Waals surface area contributed by atoms with E-state index in [2.05, 4.69) is 44.5 Å². The van der Waals surface area contributed by atoms with Crippen LogP contribution in [-0.2, 0) is 9.53 Å². The fourth-order valence-corrected chi connectivity index (χ4v) is 3.91. The van der Waals surface area contributed by atoms with Crippen LogP contribution in [0.15, 0.2) is 0 Å². The Morgan fingerprint density at radius 3 is 2.41 bits per heavy atom. The minimum Gasteiger partial charge on any atom is -0.381 e. The number of Topliss-reactive ketones (excluding diaryl/α,β-unsaturated/α-hetero) is 1. The SMILES string of the molecule is CC(C)CCCOCCC(=O)CCN1CCC(CCN(C)CC(C)C)CC1. The number of hydrogen-bond acceptors (Lipinski definition) is 4. The van der Waals surface area contributed by atoms with E-state index in [9.17, 15) is 4.79 Å². The van der Waals surface area contributed by atoms with Crippen molar-refractivity contribution in [3.8, 4) is 0 Å². The first kappa shape index (κ1) is 24.6. The average Bonchev–Trinajstić information content (AvgIpc) is 2.61. The van der Waals surface area contributed by atoms with Crippen LogP contribution in [0.25, 0.3) is 0 Å². The molecule has 1 rings (SSSR count). The first-order valence-corrected chi connectivity index (χ1v) is 11.4. The maximum absolute atomic E-state index is 12.0. The molecule has 27 heavy (non-hydrogen) atoms. The van der Waals surface area contributed by atoms with E-state index in [0.29, 0.717) is 25.2 Å². The van der Waals surface area contributed by atoms with Crippen molar-refractivity contribution < 1.29 is 9.53 Å². The Morgan fingerprint density at radius 2 is 1.78 bits per heavy atom. The number of ether oxygens (including phenoxy) is 1. The lowest BCUT2D eigenvalue weighted by atomic mass is 9.93. The zero-order valence-electron chi connectivity index (χ0n) is 18.8. The van der Waals surface area contributed by atoms with E-state index < -0.39 is 0 Å². The Kier molecular flexibility index (Phi) is 13.2. The van der Waals surface area contributed by atoms with Crippen LogP contribution in [0, 0.1) is 17.8 Å². The largest absolute Gasteiger partial charge is 0.381 e. The summed E-state index contributed by atoms with van der Waals surface area (Å²) < 4.78 is 5.59. The summed E-state index contributed by atoms with van der Waals surface area (Å²) in [5, 5.41) is 0. The predicted molar refractivity (Wildman–Crippen MR) is 115 cm³/mol. The van der Waals surface area contributed by atoms with Gasteiger partial charge in [0.15, 0.2) is 0 Å². The van der Waals surface area contributed by atoms with Crippen molar-refractivity contribution in [3.05, 3.63) is 0 Å². The van der Waals surface area contributed by atoms with Crippen LogP contribution >= 0.6 is 0 Å². The van der Waals surface area contributed by atoms with Gasteiger partial charge in [-0.3, -0.25) is 4.79 Å². The van der Waals surface area contributed by atoms with Crippen molar-refractivity contribution >= 4 is 5.78 Å². The second-order valence-electron chi connectivity index (χ2n) is 9.42. The van der Waals surface area contributed by atoms with E-state index in [4.69, 9.17) is 4.74 Å². The smallest absolute Gasteiger partial charge is 0.136 e. The molecule has 1 fully saturated rings. The van der Waals surface area contributed by atoms with E-state index in [-0.39, 0.29) is 0 Å². The molecule has 0 aromatic heterocycles. The molecule has 0 bridgehead atoms. The van der Waals surface area contributed by atoms with Crippen molar-refractivity contribution in [2.75, 3.05) is 53.0 Å². The number of ketones is 1. The van der Waals surface area contributed by atoms with Crippen LogP contribution in [0.3, 0.4) is 0 Å². The van der Waals surface area contributed by atoms with Gasteiger partial charge in [-0.1, -0.05) is 27.7 Å². The average molecular weight is 383 g/mol. The number of hydrogen-bond donors (Lipinski definition) is 0. The Labute approximate surface area is 169 Å². The second-order valence-corrected chi connectivity index (χ2v) is 9.42. The summed E-state index contributed by atoms with van der Waals surface area (Å²) in [6.07, 6.45) is 7.50. The van der Waals surface area contributed by atoms with Gasteiger partial charge < -0.3 is 14.5 Å². The molecule has 4 nitrogen and oxygen atoms in total. The minimum absolute atomic E-state index is 0.358. The molecule has 0 aromatic rings. The molecule has 0 radical (unpaired) electrons.